The normalized spacial score (nSPS) is 18.4. The molecule has 1 atom stereocenters. The van der Waals surface area contributed by atoms with Crippen molar-refractivity contribution in [1.82, 2.24) is 10.6 Å². The number of ether oxygens (including phenoxy) is 1. The summed E-state index contributed by atoms with van der Waals surface area (Å²) in [5.74, 6) is 0.336. The summed E-state index contributed by atoms with van der Waals surface area (Å²) in [6, 6.07) is 0. The van der Waals surface area contributed by atoms with Gasteiger partial charge >= 0.3 is 6.09 Å². The third-order valence-electron chi connectivity index (χ3n) is 3.74. The highest BCUT2D eigenvalue weighted by Gasteiger charge is 2.43. The van der Waals surface area contributed by atoms with E-state index in [2.05, 4.69) is 10.6 Å². The van der Waals surface area contributed by atoms with Gasteiger partial charge in [0.05, 0.1) is 5.54 Å². The van der Waals surface area contributed by atoms with E-state index in [4.69, 9.17) is 4.74 Å². The zero-order chi connectivity index (χ0) is 17.0. The first-order chi connectivity index (χ1) is 10.1. The summed E-state index contributed by atoms with van der Waals surface area (Å²) in [4.78, 5) is 24.0. The van der Waals surface area contributed by atoms with E-state index < -0.39 is 17.2 Å². The zero-order valence-corrected chi connectivity index (χ0v) is 14.7. The predicted molar refractivity (Wildman–Crippen MR) is 87.6 cm³/mol. The Morgan fingerprint density at radius 2 is 1.82 bits per heavy atom. The summed E-state index contributed by atoms with van der Waals surface area (Å²) in [5.41, 5.74) is -0.243. The van der Waals surface area contributed by atoms with Crippen LogP contribution in [0.4, 0.5) is 4.79 Å². The third-order valence-corrected chi connectivity index (χ3v) is 3.74. The molecule has 126 valence electrons. The van der Waals surface area contributed by atoms with Gasteiger partial charge in [-0.1, -0.05) is 13.0 Å². The van der Waals surface area contributed by atoms with E-state index in [9.17, 15) is 9.59 Å². The third kappa shape index (κ3) is 6.08. The lowest BCUT2D eigenvalue weighted by molar-refractivity contribution is -0.119. The molecule has 0 saturated heterocycles. The van der Waals surface area contributed by atoms with Crippen LogP contribution >= 0.6 is 0 Å². The molecule has 0 aromatic rings. The van der Waals surface area contributed by atoms with Gasteiger partial charge < -0.3 is 15.4 Å². The van der Waals surface area contributed by atoms with Crippen molar-refractivity contribution in [3.8, 4) is 0 Å². The van der Waals surface area contributed by atoms with Crippen molar-refractivity contribution in [2.75, 3.05) is 6.54 Å². The molecule has 0 heterocycles. The van der Waals surface area contributed by atoms with Crippen LogP contribution in [-0.4, -0.2) is 29.7 Å². The van der Waals surface area contributed by atoms with Gasteiger partial charge in [-0.05, 0) is 59.8 Å². The number of allylic oxidation sites excluding steroid dienone is 1. The highest BCUT2D eigenvalue weighted by molar-refractivity contribution is 5.93. The summed E-state index contributed by atoms with van der Waals surface area (Å²) in [5, 5.41) is 5.86. The monoisotopic (exact) mass is 310 g/mol. The molecule has 0 aromatic carbocycles. The lowest BCUT2D eigenvalue weighted by atomic mass is 9.95. The molecule has 22 heavy (non-hydrogen) atoms. The van der Waals surface area contributed by atoms with Gasteiger partial charge in [-0.15, -0.1) is 0 Å². The summed E-state index contributed by atoms with van der Waals surface area (Å²) in [6.45, 7) is 11.7. The van der Waals surface area contributed by atoms with Gasteiger partial charge in [0, 0.05) is 12.1 Å². The second kappa shape index (κ2) is 7.16. The molecule has 2 amide bonds. The number of rotatable bonds is 6. The number of alkyl carbamates (subject to hydrolysis) is 1. The SMILES string of the molecule is CC/C=C(/C)C(=O)NC(C)(CNC(=O)OC(C)(C)C)C1CC1. The maximum atomic E-state index is 12.2. The highest BCUT2D eigenvalue weighted by Crippen LogP contribution is 2.39. The van der Waals surface area contributed by atoms with Gasteiger partial charge in [0.2, 0.25) is 5.91 Å². The lowest BCUT2D eigenvalue weighted by Crippen LogP contribution is -2.55. The minimum absolute atomic E-state index is 0.0674. The van der Waals surface area contributed by atoms with Crippen LogP contribution in [-0.2, 0) is 9.53 Å². The molecule has 5 nitrogen and oxygen atoms in total. The molecule has 0 radical (unpaired) electrons. The van der Waals surface area contributed by atoms with Crippen LogP contribution in [0.1, 0.15) is 60.8 Å². The Labute approximate surface area is 133 Å². The van der Waals surface area contributed by atoms with E-state index in [1.165, 1.54) is 0 Å². The van der Waals surface area contributed by atoms with E-state index >= 15 is 0 Å². The molecule has 0 aromatic heterocycles. The molecule has 1 rings (SSSR count). The molecule has 1 unspecified atom stereocenters. The van der Waals surface area contributed by atoms with Crippen molar-refractivity contribution in [3.63, 3.8) is 0 Å². The van der Waals surface area contributed by atoms with Crippen molar-refractivity contribution >= 4 is 12.0 Å². The van der Waals surface area contributed by atoms with Crippen molar-refractivity contribution in [1.29, 1.82) is 0 Å². The molecular weight excluding hydrogens is 280 g/mol. The molecule has 1 saturated carbocycles. The molecule has 1 aliphatic rings. The molecule has 0 spiro atoms. The number of nitrogens with one attached hydrogen (secondary N) is 2. The topological polar surface area (TPSA) is 67.4 Å². The van der Waals surface area contributed by atoms with E-state index in [0.29, 0.717) is 18.0 Å². The first-order valence-electron chi connectivity index (χ1n) is 8.03. The second-order valence-electron chi connectivity index (χ2n) is 7.30. The van der Waals surface area contributed by atoms with Gasteiger partial charge in [-0.2, -0.15) is 0 Å². The van der Waals surface area contributed by atoms with Gasteiger partial charge in [0.15, 0.2) is 0 Å². The van der Waals surface area contributed by atoms with Crippen LogP contribution in [0.25, 0.3) is 0 Å². The van der Waals surface area contributed by atoms with Gasteiger partial charge in [-0.3, -0.25) is 4.79 Å². The van der Waals surface area contributed by atoms with E-state index in [-0.39, 0.29) is 5.91 Å². The largest absolute Gasteiger partial charge is 0.444 e. The van der Waals surface area contributed by atoms with Crippen LogP contribution in [0.5, 0.6) is 0 Å². The number of carbonyl (C=O) groups is 2. The smallest absolute Gasteiger partial charge is 0.407 e. The first kappa shape index (κ1) is 18.5. The summed E-state index contributed by atoms with van der Waals surface area (Å²) < 4.78 is 5.25. The number of amides is 2. The fraction of sp³-hybridized carbons (Fsp3) is 0.765. The Morgan fingerprint density at radius 1 is 1.23 bits per heavy atom. The van der Waals surface area contributed by atoms with Crippen molar-refractivity contribution in [2.45, 2.75) is 71.9 Å². The number of hydrogen-bond acceptors (Lipinski definition) is 3. The van der Waals surface area contributed by atoms with Crippen molar-refractivity contribution < 1.29 is 14.3 Å². The average Bonchev–Trinajstić information content (AvgIpc) is 3.19. The fourth-order valence-corrected chi connectivity index (χ4v) is 2.34. The van der Waals surface area contributed by atoms with Crippen molar-refractivity contribution in [3.05, 3.63) is 11.6 Å². The zero-order valence-electron chi connectivity index (χ0n) is 14.7. The van der Waals surface area contributed by atoms with Crippen LogP contribution < -0.4 is 10.6 Å². The molecule has 0 aliphatic heterocycles. The Kier molecular flexibility index (Phi) is 6.03. The lowest BCUT2D eigenvalue weighted by Gasteiger charge is -2.32. The molecule has 1 fully saturated rings. The standard InChI is InChI=1S/C17H30N2O3/c1-7-8-12(2)14(20)19-17(6,13-9-10-13)11-18-15(21)22-16(3,4)5/h8,13H,7,9-11H2,1-6H3,(H,18,21)(H,19,20)/b12-8-. The minimum Gasteiger partial charge on any atom is -0.444 e. The maximum Gasteiger partial charge on any atom is 0.407 e. The predicted octanol–water partition coefficient (Wildman–Crippen LogP) is 3.15. The molecule has 5 heteroatoms. The summed E-state index contributed by atoms with van der Waals surface area (Å²) >= 11 is 0. The quantitative estimate of drug-likeness (QED) is 0.741. The Bertz CT molecular complexity index is 447. The minimum atomic E-state index is -0.524. The van der Waals surface area contributed by atoms with E-state index in [1.807, 2.05) is 47.6 Å². The summed E-state index contributed by atoms with van der Waals surface area (Å²) in [6.07, 6.45) is 4.43. The summed E-state index contributed by atoms with van der Waals surface area (Å²) in [7, 11) is 0. The molecule has 2 N–H and O–H groups in total. The Morgan fingerprint density at radius 3 is 2.27 bits per heavy atom. The first-order valence-corrected chi connectivity index (χ1v) is 8.03. The van der Waals surface area contributed by atoms with Crippen LogP contribution in [0.15, 0.2) is 11.6 Å². The van der Waals surface area contributed by atoms with Gasteiger partial charge in [-0.25, -0.2) is 4.79 Å². The maximum absolute atomic E-state index is 12.2. The van der Waals surface area contributed by atoms with Gasteiger partial charge in [0.1, 0.15) is 5.60 Å². The number of hydrogen-bond donors (Lipinski definition) is 2. The van der Waals surface area contributed by atoms with Crippen molar-refractivity contribution in [2.24, 2.45) is 5.92 Å². The van der Waals surface area contributed by atoms with E-state index in [0.717, 1.165) is 19.3 Å². The van der Waals surface area contributed by atoms with Gasteiger partial charge in [0.25, 0.3) is 0 Å². The van der Waals surface area contributed by atoms with Crippen LogP contribution in [0.2, 0.25) is 0 Å². The Balaban J connectivity index is 2.62. The average molecular weight is 310 g/mol. The van der Waals surface area contributed by atoms with Crippen LogP contribution in [0, 0.1) is 5.92 Å². The Hall–Kier alpha value is -1.52. The second-order valence-corrected chi connectivity index (χ2v) is 7.30. The highest BCUT2D eigenvalue weighted by atomic mass is 16.6. The molecular formula is C17H30N2O3. The molecule has 1 aliphatic carbocycles. The number of carbonyl (C=O) groups excluding carboxylic acids is 2. The fourth-order valence-electron chi connectivity index (χ4n) is 2.34. The van der Waals surface area contributed by atoms with E-state index in [1.54, 1.807) is 0 Å². The molecule has 0 bridgehead atoms. The van der Waals surface area contributed by atoms with Crippen LogP contribution in [0.3, 0.4) is 0 Å².